The van der Waals surface area contributed by atoms with Gasteiger partial charge in [0.25, 0.3) is 5.91 Å². The van der Waals surface area contributed by atoms with Crippen LogP contribution < -0.4 is 11.3 Å². The fourth-order valence-electron chi connectivity index (χ4n) is 3.19. The summed E-state index contributed by atoms with van der Waals surface area (Å²) in [5.74, 6) is -0.648. The minimum absolute atomic E-state index is 0.177. The Kier molecular flexibility index (Phi) is 5.18. The van der Waals surface area contributed by atoms with E-state index in [-0.39, 0.29) is 18.0 Å². The maximum absolute atomic E-state index is 12.7. The maximum atomic E-state index is 12.7. The Morgan fingerprint density at radius 3 is 2.50 bits per heavy atom. The molecule has 1 saturated heterocycles. The van der Waals surface area contributed by atoms with E-state index >= 15 is 0 Å². The van der Waals surface area contributed by atoms with Gasteiger partial charge in [-0.1, -0.05) is 30.3 Å². The van der Waals surface area contributed by atoms with E-state index in [0.717, 1.165) is 5.56 Å². The van der Waals surface area contributed by atoms with E-state index in [9.17, 15) is 14.4 Å². The SMILES string of the molecule is Cn1cc(C(=O)N2CCN(Cc3ccccc3)[C@@H](C(N)=O)C2)ccc1=O. The van der Waals surface area contributed by atoms with Gasteiger partial charge in [-0.3, -0.25) is 19.3 Å². The first-order valence-corrected chi connectivity index (χ1v) is 8.49. The molecule has 1 aromatic carbocycles. The number of aryl methyl sites for hydroxylation is 1. The molecule has 0 unspecified atom stereocenters. The van der Waals surface area contributed by atoms with Crippen molar-refractivity contribution in [1.82, 2.24) is 14.4 Å². The highest BCUT2D eigenvalue weighted by Gasteiger charge is 2.33. The average Bonchev–Trinajstić information content (AvgIpc) is 2.64. The predicted molar refractivity (Wildman–Crippen MR) is 97.4 cm³/mol. The molecule has 0 bridgehead atoms. The van der Waals surface area contributed by atoms with Crippen molar-refractivity contribution in [2.75, 3.05) is 19.6 Å². The molecule has 0 spiro atoms. The van der Waals surface area contributed by atoms with Crippen molar-refractivity contribution in [3.05, 3.63) is 70.1 Å². The van der Waals surface area contributed by atoms with E-state index in [4.69, 9.17) is 5.73 Å². The van der Waals surface area contributed by atoms with Crippen LogP contribution in [0.15, 0.2) is 53.5 Å². The Balaban J connectivity index is 1.74. The summed E-state index contributed by atoms with van der Waals surface area (Å²) in [7, 11) is 1.60. The quantitative estimate of drug-likeness (QED) is 0.849. The molecule has 0 saturated carbocycles. The molecule has 2 amide bonds. The Hall–Kier alpha value is -2.93. The van der Waals surface area contributed by atoms with Gasteiger partial charge in [-0.25, -0.2) is 0 Å². The molecule has 2 heterocycles. The minimum Gasteiger partial charge on any atom is -0.368 e. The highest BCUT2D eigenvalue weighted by atomic mass is 16.2. The number of nitrogens with zero attached hydrogens (tertiary/aromatic N) is 3. The standard InChI is InChI=1S/C19H22N4O3/c1-21-12-15(7-8-17(21)24)19(26)23-10-9-22(16(13-23)18(20)25)11-14-5-3-2-4-6-14/h2-8,12,16H,9-11,13H2,1H3,(H2,20,25)/t16-/m1/s1. The van der Waals surface area contributed by atoms with Gasteiger partial charge in [-0.2, -0.15) is 0 Å². The molecule has 3 rings (SSSR count). The molecule has 1 aromatic heterocycles. The molecule has 1 aliphatic heterocycles. The van der Waals surface area contributed by atoms with E-state index in [0.29, 0.717) is 25.2 Å². The van der Waals surface area contributed by atoms with Crippen LogP contribution in [0.5, 0.6) is 0 Å². The molecular formula is C19H22N4O3. The van der Waals surface area contributed by atoms with Gasteiger partial charge in [0.05, 0.1) is 5.56 Å². The molecule has 2 N–H and O–H groups in total. The third kappa shape index (κ3) is 3.83. The Morgan fingerprint density at radius 2 is 1.85 bits per heavy atom. The fraction of sp³-hybridized carbons (Fsp3) is 0.316. The van der Waals surface area contributed by atoms with Gasteiger partial charge in [-0.05, 0) is 11.6 Å². The summed E-state index contributed by atoms with van der Waals surface area (Å²) in [4.78, 5) is 39.8. The number of nitrogens with two attached hydrogens (primary N) is 1. The molecule has 1 aliphatic rings. The zero-order chi connectivity index (χ0) is 18.7. The van der Waals surface area contributed by atoms with E-state index < -0.39 is 11.9 Å². The van der Waals surface area contributed by atoms with Crippen LogP contribution in [0.3, 0.4) is 0 Å². The van der Waals surface area contributed by atoms with Gasteiger partial charge < -0.3 is 15.2 Å². The van der Waals surface area contributed by atoms with Crippen LogP contribution in [0.4, 0.5) is 0 Å². The van der Waals surface area contributed by atoms with Crippen molar-refractivity contribution in [1.29, 1.82) is 0 Å². The molecule has 0 aliphatic carbocycles. The van der Waals surface area contributed by atoms with Gasteiger partial charge in [0, 0.05) is 45.5 Å². The van der Waals surface area contributed by atoms with Crippen molar-refractivity contribution in [2.24, 2.45) is 12.8 Å². The molecule has 136 valence electrons. The third-order valence-electron chi connectivity index (χ3n) is 4.67. The van der Waals surface area contributed by atoms with Crippen LogP contribution in [0.25, 0.3) is 0 Å². The lowest BCUT2D eigenvalue weighted by Gasteiger charge is -2.40. The Labute approximate surface area is 151 Å². The number of aromatic nitrogens is 1. The van der Waals surface area contributed by atoms with Gasteiger partial charge >= 0.3 is 0 Å². The van der Waals surface area contributed by atoms with Crippen molar-refractivity contribution >= 4 is 11.8 Å². The number of carbonyl (C=O) groups is 2. The predicted octanol–water partition coefficient (Wildman–Crippen LogP) is 0.197. The summed E-state index contributed by atoms with van der Waals surface area (Å²) in [6.07, 6.45) is 1.51. The highest BCUT2D eigenvalue weighted by molar-refractivity contribution is 5.94. The minimum atomic E-state index is -0.541. The zero-order valence-electron chi connectivity index (χ0n) is 14.7. The van der Waals surface area contributed by atoms with E-state index in [1.54, 1.807) is 11.9 Å². The van der Waals surface area contributed by atoms with Gasteiger partial charge in [0.1, 0.15) is 6.04 Å². The lowest BCUT2D eigenvalue weighted by atomic mass is 10.1. The number of carbonyl (C=O) groups excluding carboxylic acids is 2. The summed E-state index contributed by atoms with van der Waals surface area (Å²) < 4.78 is 1.37. The number of hydrogen-bond acceptors (Lipinski definition) is 4. The second-order valence-corrected chi connectivity index (χ2v) is 6.49. The van der Waals surface area contributed by atoms with Crippen LogP contribution in [0, 0.1) is 0 Å². The first kappa shape index (κ1) is 17.9. The third-order valence-corrected chi connectivity index (χ3v) is 4.67. The number of primary amides is 1. The van der Waals surface area contributed by atoms with E-state index in [1.807, 2.05) is 35.2 Å². The van der Waals surface area contributed by atoms with Crippen molar-refractivity contribution < 1.29 is 9.59 Å². The van der Waals surface area contributed by atoms with Crippen LogP contribution in [0.1, 0.15) is 15.9 Å². The number of benzene rings is 1. The monoisotopic (exact) mass is 354 g/mol. The second kappa shape index (κ2) is 7.53. The topological polar surface area (TPSA) is 88.6 Å². The van der Waals surface area contributed by atoms with Crippen LogP contribution in [0.2, 0.25) is 0 Å². The fourth-order valence-corrected chi connectivity index (χ4v) is 3.19. The van der Waals surface area contributed by atoms with E-state index in [1.165, 1.54) is 22.9 Å². The molecule has 2 aromatic rings. The smallest absolute Gasteiger partial charge is 0.255 e. The lowest BCUT2D eigenvalue weighted by Crippen LogP contribution is -2.58. The molecule has 0 radical (unpaired) electrons. The van der Waals surface area contributed by atoms with Crippen molar-refractivity contribution in [3.63, 3.8) is 0 Å². The van der Waals surface area contributed by atoms with Crippen LogP contribution in [-0.4, -0.2) is 51.9 Å². The number of rotatable bonds is 4. The summed E-state index contributed by atoms with van der Waals surface area (Å²) in [6, 6.07) is 12.2. The number of piperazine rings is 1. The van der Waals surface area contributed by atoms with Gasteiger partial charge in [0.2, 0.25) is 11.5 Å². The zero-order valence-corrected chi connectivity index (χ0v) is 14.7. The first-order chi connectivity index (χ1) is 12.5. The molecule has 7 nitrogen and oxygen atoms in total. The molecular weight excluding hydrogens is 332 g/mol. The maximum Gasteiger partial charge on any atom is 0.255 e. The van der Waals surface area contributed by atoms with Gasteiger partial charge in [-0.15, -0.1) is 0 Å². The first-order valence-electron chi connectivity index (χ1n) is 8.49. The Bertz CT molecular complexity index is 863. The molecule has 1 fully saturated rings. The summed E-state index contributed by atoms with van der Waals surface area (Å²) in [5.41, 5.74) is 6.93. The summed E-state index contributed by atoms with van der Waals surface area (Å²) in [5, 5.41) is 0. The van der Waals surface area contributed by atoms with Crippen LogP contribution >= 0.6 is 0 Å². The van der Waals surface area contributed by atoms with Gasteiger partial charge in [0.15, 0.2) is 0 Å². The highest BCUT2D eigenvalue weighted by Crippen LogP contribution is 2.16. The summed E-state index contributed by atoms with van der Waals surface area (Å²) in [6.45, 7) is 1.90. The van der Waals surface area contributed by atoms with Crippen molar-refractivity contribution in [3.8, 4) is 0 Å². The summed E-state index contributed by atoms with van der Waals surface area (Å²) >= 11 is 0. The number of hydrogen-bond donors (Lipinski definition) is 1. The molecule has 1 atom stereocenters. The van der Waals surface area contributed by atoms with Crippen molar-refractivity contribution in [2.45, 2.75) is 12.6 Å². The second-order valence-electron chi connectivity index (χ2n) is 6.49. The number of amides is 2. The lowest BCUT2D eigenvalue weighted by molar-refractivity contribution is -0.125. The molecule has 7 heteroatoms. The normalized spacial score (nSPS) is 17.9. The largest absolute Gasteiger partial charge is 0.368 e. The Morgan fingerprint density at radius 1 is 1.12 bits per heavy atom. The average molecular weight is 354 g/mol. The number of pyridine rings is 1. The van der Waals surface area contributed by atoms with Crippen LogP contribution in [-0.2, 0) is 18.4 Å². The van der Waals surface area contributed by atoms with E-state index in [2.05, 4.69) is 0 Å². The molecule has 26 heavy (non-hydrogen) atoms.